The number of nitrogens with two attached hydrogens (primary N) is 1. The molecule has 3 N–H and O–H groups in total. The number of hydrogen-bond acceptors (Lipinski definition) is 4. The van der Waals surface area contributed by atoms with Gasteiger partial charge in [-0.1, -0.05) is 0 Å². The van der Waals surface area contributed by atoms with Crippen molar-refractivity contribution in [1.29, 1.82) is 0 Å². The summed E-state index contributed by atoms with van der Waals surface area (Å²) in [6.07, 6.45) is 1.66. The fourth-order valence-corrected chi connectivity index (χ4v) is 2.81. The van der Waals surface area contributed by atoms with E-state index in [0.717, 1.165) is 12.8 Å². The number of likely N-dealkylation sites (tertiary alicyclic amines) is 1. The van der Waals surface area contributed by atoms with Crippen molar-refractivity contribution >= 4 is 6.09 Å². The van der Waals surface area contributed by atoms with Gasteiger partial charge in [-0.25, -0.2) is 4.79 Å². The van der Waals surface area contributed by atoms with Crippen molar-refractivity contribution in [2.45, 2.75) is 57.3 Å². The molecule has 17 heavy (non-hydrogen) atoms. The van der Waals surface area contributed by atoms with Crippen LogP contribution in [0.4, 0.5) is 4.79 Å². The molecule has 1 aliphatic heterocycles. The quantitative estimate of drug-likeness (QED) is 0.710. The third kappa shape index (κ3) is 2.13. The molecule has 2 aliphatic rings. The Labute approximate surface area is 102 Å². The Morgan fingerprint density at radius 2 is 2.12 bits per heavy atom. The molecule has 98 valence electrons. The number of hydrogen-bond donors (Lipinski definition) is 2. The molecule has 1 saturated carbocycles. The van der Waals surface area contributed by atoms with Gasteiger partial charge in [-0.2, -0.15) is 0 Å². The van der Waals surface area contributed by atoms with Crippen LogP contribution >= 0.6 is 0 Å². The Morgan fingerprint density at radius 3 is 2.53 bits per heavy atom. The summed E-state index contributed by atoms with van der Waals surface area (Å²) in [4.78, 5) is 13.8. The zero-order valence-corrected chi connectivity index (χ0v) is 10.7. The fourth-order valence-electron chi connectivity index (χ4n) is 2.81. The molecule has 5 nitrogen and oxygen atoms in total. The van der Waals surface area contributed by atoms with Gasteiger partial charge in [-0.3, -0.25) is 4.90 Å². The van der Waals surface area contributed by atoms with E-state index in [1.807, 2.05) is 20.8 Å². The van der Waals surface area contributed by atoms with Gasteiger partial charge in [0.25, 0.3) is 0 Å². The molecule has 0 radical (unpaired) electrons. The van der Waals surface area contributed by atoms with Crippen molar-refractivity contribution in [2.75, 3.05) is 6.61 Å². The molecular formula is C12H22N2O3. The van der Waals surface area contributed by atoms with Crippen molar-refractivity contribution in [3.8, 4) is 0 Å². The largest absolute Gasteiger partial charge is 0.444 e. The molecule has 1 amide bonds. The van der Waals surface area contributed by atoms with E-state index < -0.39 is 5.60 Å². The van der Waals surface area contributed by atoms with Crippen LogP contribution in [0.25, 0.3) is 0 Å². The van der Waals surface area contributed by atoms with E-state index in [-0.39, 0.29) is 30.8 Å². The van der Waals surface area contributed by atoms with Crippen LogP contribution in [0.15, 0.2) is 0 Å². The molecule has 0 bridgehead atoms. The van der Waals surface area contributed by atoms with Crippen molar-refractivity contribution in [1.82, 2.24) is 4.90 Å². The molecule has 0 unspecified atom stereocenters. The van der Waals surface area contributed by atoms with Gasteiger partial charge >= 0.3 is 6.09 Å². The van der Waals surface area contributed by atoms with Crippen LogP contribution in [-0.2, 0) is 4.74 Å². The summed E-state index contributed by atoms with van der Waals surface area (Å²) in [6, 6.07) is -0.245. The molecule has 2 rings (SSSR count). The van der Waals surface area contributed by atoms with E-state index in [1.165, 1.54) is 0 Å². The van der Waals surface area contributed by atoms with Crippen molar-refractivity contribution in [3.05, 3.63) is 0 Å². The molecule has 4 atom stereocenters. The number of ether oxygens (including phenoxy) is 1. The second-order valence-corrected chi connectivity index (χ2v) is 6.02. The van der Waals surface area contributed by atoms with E-state index in [2.05, 4.69) is 0 Å². The molecule has 1 saturated heterocycles. The molecule has 5 heteroatoms. The van der Waals surface area contributed by atoms with Crippen LogP contribution in [0, 0.1) is 5.92 Å². The molecular weight excluding hydrogens is 220 g/mol. The lowest BCUT2D eigenvalue weighted by Gasteiger charge is -2.37. The summed E-state index contributed by atoms with van der Waals surface area (Å²) in [5.74, 6) is 0.333. The summed E-state index contributed by atoms with van der Waals surface area (Å²) in [6.45, 7) is 5.43. The second-order valence-electron chi connectivity index (χ2n) is 6.02. The standard InChI is InChI=1S/C12H22N2O3/c1-12(2,3)17-11(16)14-8-5-4-7(8)10(13)9(14)6-15/h7-10,15H,4-6,13H2,1-3H3/t7-,8+,9+,10-/m0/s1. The normalized spacial score (nSPS) is 36.4. The monoisotopic (exact) mass is 242 g/mol. The number of fused-ring (bicyclic) bond motifs is 1. The molecule has 0 aromatic rings. The minimum atomic E-state index is -0.511. The van der Waals surface area contributed by atoms with E-state index in [4.69, 9.17) is 10.5 Å². The lowest BCUT2D eigenvalue weighted by atomic mass is 9.77. The number of rotatable bonds is 1. The van der Waals surface area contributed by atoms with Crippen LogP contribution in [0.5, 0.6) is 0 Å². The molecule has 0 aromatic heterocycles. The summed E-state index contributed by atoms with van der Waals surface area (Å²) in [7, 11) is 0. The third-order valence-corrected chi connectivity index (χ3v) is 3.73. The van der Waals surface area contributed by atoms with Gasteiger partial charge in [0.05, 0.1) is 12.6 Å². The van der Waals surface area contributed by atoms with E-state index >= 15 is 0 Å². The number of aliphatic hydroxyl groups excluding tert-OH is 1. The highest BCUT2D eigenvalue weighted by atomic mass is 16.6. The van der Waals surface area contributed by atoms with E-state index in [1.54, 1.807) is 4.90 Å². The summed E-state index contributed by atoms with van der Waals surface area (Å²) in [5, 5.41) is 9.39. The molecule has 0 spiro atoms. The number of carbonyl (C=O) groups is 1. The van der Waals surface area contributed by atoms with Gasteiger partial charge in [-0.05, 0) is 39.5 Å². The Hall–Kier alpha value is -0.810. The van der Waals surface area contributed by atoms with Gasteiger partial charge < -0.3 is 15.6 Å². The van der Waals surface area contributed by atoms with Gasteiger partial charge in [0.1, 0.15) is 5.60 Å². The topological polar surface area (TPSA) is 75.8 Å². The van der Waals surface area contributed by atoms with Gasteiger partial charge in [0, 0.05) is 12.1 Å². The first-order valence-corrected chi connectivity index (χ1v) is 6.23. The van der Waals surface area contributed by atoms with Crippen molar-refractivity contribution in [2.24, 2.45) is 11.7 Å². The lowest BCUT2D eigenvalue weighted by molar-refractivity contribution is 0.000443. The molecule has 1 heterocycles. The zero-order valence-electron chi connectivity index (χ0n) is 10.7. The predicted octanol–water partition coefficient (Wildman–Crippen LogP) is 0.704. The SMILES string of the molecule is CC(C)(C)OC(=O)N1[C@H](CO)[C@@H](N)[C@H]2CC[C@H]21. The number of aliphatic hydroxyl groups is 1. The summed E-state index contributed by atoms with van der Waals surface area (Å²) in [5.41, 5.74) is 5.55. The molecule has 2 fully saturated rings. The minimum absolute atomic E-state index is 0.0899. The Morgan fingerprint density at radius 1 is 1.47 bits per heavy atom. The predicted molar refractivity (Wildman–Crippen MR) is 63.4 cm³/mol. The highest BCUT2D eigenvalue weighted by Crippen LogP contribution is 2.43. The van der Waals surface area contributed by atoms with Crippen molar-refractivity contribution in [3.63, 3.8) is 0 Å². The maximum Gasteiger partial charge on any atom is 0.410 e. The van der Waals surface area contributed by atoms with Crippen LogP contribution < -0.4 is 5.73 Å². The molecule has 1 aliphatic carbocycles. The maximum absolute atomic E-state index is 12.1. The highest BCUT2D eigenvalue weighted by molar-refractivity contribution is 5.70. The first-order chi connectivity index (χ1) is 7.85. The molecule has 0 aromatic carbocycles. The zero-order chi connectivity index (χ0) is 12.8. The number of amides is 1. The van der Waals surface area contributed by atoms with Gasteiger partial charge in [0.15, 0.2) is 0 Å². The second kappa shape index (κ2) is 4.14. The maximum atomic E-state index is 12.1. The number of nitrogens with zero attached hydrogens (tertiary/aromatic N) is 1. The third-order valence-electron chi connectivity index (χ3n) is 3.73. The lowest BCUT2D eigenvalue weighted by Crippen LogP contribution is -2.49. The number of carbonyl (C=O) groups excluding carboxylic acids is 1. The average molecular weight is 242 g/mol. The Bertz CT molecular complexity index is 313. The first kappa shape index (κ1) is 12.6. The van der Waals surface area contributed by atoms with Crippen molar-refractivity contribution < 1.29 is 14.6 Å². The fraction of sp³-hybridized carbons (Fsp3) is 0.917. The first-order valence-electron chi connectivity index (χ1n) is 6.23. The average Bonchev–Trinajstić information content (AvgIpc) is 2.30. The smallest absolute Gasteiger partial charge is 0.410 e. The van der Waals surface area contributed by atoms with Crippen LogP contribution in [0.1, 0.15) is 33.6 Å². The Balaban J connectivity index is 2.11. The van der Waals surface area contributed by atoms with Gasteiger partial charge in [-0.15, -0.1) is 0 Å². The van der Waals surface area contributed by atoms with E-state index in [9.17, 15) is 9.90 Å². The van der Waals surface area contributed by atoms with E-state index in [0.29, 0.717) is 5.92 Å². The van der Waals surface area contributed by atoms with Gasteiger partial charge in [0.2, 0.25) is 0 Å². The highest BCUT2D eigenvalue weighted by Gasteiger charge is 2.54. The Kier molecular flexibility index (Phi) is 3.08. The minimum Gasteiger partial charge on any atom is -0.444 e. The van der Waals surface area contributed by atoms with Crippen LogP contribution in [0.3, 0.4) is 0 Å². The summed E-state index contributed by atoms with van der Waals surface area (Å²) < 4.78 is 5.38. The van der Waals surface area contributed by atoms with Crippen LogP contribution in [0.2, 0.25) is 0 Å². The van der Waals surface area contributed by atoms with Crippen LogP contribution in [-0.4, -0.2) is 46.4 Å². The summed E-state index contributed by atoms with van der Waals surface area (Å²) >= 11 is 0.